The lowest BCUT2D eigenvalue weighted by molar-refractivity contribution is -0.160. The number of amides is 1. The number of aliphatic hydroxyl groups excluding tert-OH is 3. The number of phenolic OH excluding ortho intramolecular Hbond substituents is 2. The Morgan fingerprint density at radius 3 is 2.28 bits per heavy atom. The van der Waals surface area contributed by atoms with E-state index in [2.05, 4.69) is 5.32 Å². The molecule has 2 aromatic rings. The first-order valence-corrected chi connectivity index (χ1v) is 22.4. The van der Waals surface area contributed by atoms with E-state index in [1.165, 1.54) is 52.2 Å². The number of rotatable bonds is 21. The van der Waals surface area contributed by atoms with Crippen LogP contribution >= 0.6 is 0 Å². The number of nitrogens with zero attached hydrogens (tertiary/aromatic N) is 2. The molecule has 6 N–H and O–H groups in total. The van der Waals surface area contributed by atoms with Crippen LogP contribution < -0.4 is 20.2 Å². The number of anilines is 1. The summed E-state index contributed by atoms with van der Waals surface area (Å²) in [5.41, 5.74) is -2.66. The van der Waals surface area contributed by atoms with Crippen LogP contribution in [0.1, 0.15) is 71.3 Å². The highest BCUT2D eigenvalue weighted by Crippen LogP contribution is 2.50. The van der Waals surface area contributed by atoms with Gasteiger partial charge in [0.1, 0.15) is 52.6 Å². The Kier molecular flexibility index (Phi) is 17.1. The molecule has 2 heterocycles. The Morgan fingerprint density at radius 2 is 1.65 bits per heavy atom. The van der Waals surface area contributed by atoms with Gasteiger partial charge in [-0.2, -0.15) is 0 Å². The van der Waals surface area contributed by atoms with Crippen molar-refractivity contribution >= 4 is 45.2 Å². The summed E-state index contributed by atoms with van der Waals surface area (Å²) in [6, 6.07) is 2.78. The molecule has 370 valence electrons. The lowest BCUT2D eigenvalue weighted by Crippen LogP contribution is -2.46. The molecule has 18 nitrogen and oxygen atoms in total. The summed E-state index contributed by atoms with van der Waals surface area (Å²) in [6.07, 6.45) is 3.14. The van der Waals surface area contributed by atoms with Crippen LogP contribution in [0, 0.1) is 30.6 Å². The van der Waals surface area contributed by atoms with Gasteiger partial charge in [-0.25, -0.2) is 4.98 Å². The Morgan fingerprint density at radius 1 is 0.956 bits per heavy atom. The predicted molar refractivity (Wildman–Crippen MR) is 255 cm³/mol. The standard InChI is InChI=1S/C50H65N3O15/c1-24(41(57)27(4)42(58)28(5)45(66-30(7)55)26(3)33(63-12)16-18-54)14-13-15-25(2)49(62)52-40-44(60)36-35(37-46(29(6)43(36)59)68-50(8,9)48(37)61)39-47(40)67-34-23-31(22-32(56)38(34)51-39)65-21-20-64-19-17-53(10)11/h13-16,18,22-24,26-28,33,41-42,45,54,56-59H,17,19-21H2,1-12H3,(H,52,62)/b14-13+,18-16+,25-15-/t24-,26+,27+,28+,33-,41-,42+,45+/m0/s1. The number of ether oxygens (including phenoxy) is 5. The number of phenols is 2. The first-order chi connectivity index (χ1) is 32.0. The topological polar surface area (TPSA) is 257 Å². The first-order valence-electron chi connectivity index (χ1n) is 22.4. The van der Waals surface area contributed by atoms with Crippen molar-refractivity contribution in [2.45, 2.75) is 92.3 Å². The molecule has 0 radical (unpaired) electrons. The zero-order valence-electron chi connectivity index (χ0n) is 40.7. The molecule has 0 spiro atoms. The molecule has 0 saturated heterocycles. The molecule has 8 atom stereocenters. The van der Waals surface area contributed by atoms with E-state index in [1.807, 2.05) is 19.0 Å². The molecule has 1 aliphatic carbocycles. The SMILES string of the molecule is CO[C@@H](/C=C/O)[C@@H](C)[C@@H](OC(C)=O)[C@H](C)[C@H](O)[C@H](C)[C@@H](O)[C@@H](C)/C=C/C=C(/C)C(=O)Nc1c2oc3cc(OCCOCCN(C)C)cc(O)c3nc-2c2c3c(c(C)c(O)c2c1=O)OC(C)(C)C3=O. The third-order valence-corrected chi connectivity index (χ3v) is 12.5. The summed E-state index contributed by atoms with van der Waals surface area (Å²) in [4.78, 5) is 61.2. The van der Waals surface area contributed by atoms with Crippen molar-refractivity contribution in [1.29, 1.82) is 0 Å². The Labute approximate surface area is 395 Å². The normalized spacial score (nSPS) is 17.6. The van der Waals surface area contributed by atoms with E-state index in [0.717, 1.165) is 6.26 Å². The van der Waals surface area contributed by atoms with E-state index >= 15 is 0 Å². The maximum absolute atomic E-state index is 14.6. The highest BCUT2D eigenvalue weighted by molar-refractivity contribution is 6.22. The van der Waals surface area contributed by atoms with Gasteiger partial charge in [0.25, 0.3) is 5.91 Å². The second kappa shape index (κ2) is 21.9. The number of ketones is 1. The number of aromatic nitrogens is 1. The van der Waals surface area contributed by atoms with E-state index in [0.29, 0.717) is 13.2 Å². The number of fused-ring (bicyclic) bond motifs is 6. The molecule has 0 bridgehead atoms. The average Bonchev–Trinajstić information content (AvgIpc) is 3.53. The minimum absolute atomic E-state index is 0.0150. The maximum Gasteiger partial charge on any atom is 0.302 e. The van der Waals surface area contributed by atoms with Crippen LogP contribution in [-0.4, -0.2) is 131 Å². The molecule has 2 aliphatic heterocycles. The molecule has 0 aromatic heterocycles. The number of methoxy groups -OCH3 is 1. The molecular formula is C50H65N3O15. The number of carbonyl (C=O) groups is 3. The first kappa shape index (κ1) is 52.9. The molecule has 0 fully saturated rings. The zero-order chi connectivity index (χ0) is 50.5. The van der Waals surface area contributed by atoms with Crippen molar-refractivity contribution < 1.29 is 68.0 Å². The van der Waals surface area contributed by atoms with Crippen LogP contribution in [0.4, 0.5) is 5.69 Å². The van der Waals surface area contributed by atoms with Crippen LogP contribution in [0.5, 0.6) is 23.0 Å². The summed E-state index contributed by atoms with van der Waals surface area (Å²) in [5, 5.41) is 57.2. The second-order valence-electron chi connectivity index (χ2n) is 18.2. The van der Waals surface area contributed by atoms with Gasteiger partial charge < -0.3 is 63.9 Å². The maximum atomic E-state index is 14.6. The van der Waals surface area contributed by atoms with Crippen LogP contribution in [0.2, 0.25) is 0 Å². The number of aromatic hydroxyl groups is 2. The van der Waals surface area contributed by atoms with Crippen LogP contribution in [0.15, 0.2) is 57.5 Å². The number of esters is 1. The molecule has 0 unspecified atom stereocenters. The van der Waals surface area contributed by atoms with Gasteiger partial charge in [-0.1, -0.05) is 45.9 Å². The highest BCUT2D eigenvalue weighted by atomic mass is 16.5. The third-order valence-electron chi connectivity index (χ3n) is 12.5. The fourth-order valence-corrected chi connectivity index (χ4v) is 8.41. The van der Waals surface area contributed by atoms with Gasteiger partial charge in [0.05, 0.1) is 48.7 Å². The van der Waals surface area contributed by atoms with Gasteiger partial charge in [0.2, 0.25) is 11.2 Å². The van der Waals surface area contributed by atoms with Crippen molar-refractivity contribution in [2.24, 2.45) is 23.7 Å². The number of likely N-dealkylation sites (N-methyl/N-ethyl adjacent to an activating group) is 1. The van der Waals surface area contributed by atoms with Gasteiger partial charge in [-0.05, 0) is 47.9 Å². The summed E-state index contributed by atoms with van der Waals surface area (Å²) in [7, 11) is 5.29. The predicted octanol–water partition coefficient (Wildman–Crippen LogP) is 6.20. The molecule has 5 rings (SSSR count). The van der Waals surface area contributed by atoms with Crippen LogP contribution in [0.25, 0.3) is 33.3 Å². The van der Waals surface area contributed by atoms with Gasteiger partial charge in [-0.3, -0.25) is 19.2 Å². The van der Waals surface area contributed by atoms with Crippen LogP contribution in [0.3, 0.4) is 0 Å². The molecule has 3 aliphatic rings. The van der Waals surface area contributed by atoms with E-state index in [1.54, 1.807) is 53.7 Å². The Balaban J connectivity index is 1.48. The lowest BCUT2D eigenvalue weighted by Gasteiger charge is -2.37. The number of allylic oxidation sites excluding steroid dienone is 2. The van der Waals surface area contributed by atoms with Gasteiger partial charge in [0.15, 0.2) is 16.9 Å². The molecule has 0 saturated carbocycles. The largest absolute Gasteiger partial charge is 0.516 e. The van der Waals surface area contributed by atoms with Crippen molar-refractivity contribution in [3.05, 3.63) is 69.6 Å². The summed E-state index contributed by atoms with van der Waals surface area (Å²) < 4.78 is 34.8. The van der Waals surface area contributed by atoms with E-state index in [-0.39, 0.29) is 80.5 Å². The Hall–Kier alpha value is -6.05. The minimum Gasteiger partial charge on any atom is -0.516 e. The zero-order valence-corrected chi connectivity index (χ0v) is 40.7. The quantitative estimate of drug-likeness (QED) is 0.0103. The van der Waals surface area contributed by atoms with Crippen LogP contribution in [-0.2, 0) is 23.8 Å². The van der Waals surface area contributed by atoms with Gasteiger partial charge in [-0.15, -0.1) is 0 Å². The van der Waals surface area contributed by atoms with Crippen molar-refractivity contribution in [3.63, 3.8) is 0 Å². The number of aliphatic hydroxyl groups is 3. The smallest absolute Gasteiger partial charge is 0.302 e. The lowest BCUT2D eigenvalue weighted by atomic mass is 9.78. The second-order valence-corrected chi connectivity index (χ2v) is 18.2. The Bertz CT molecular complexity index is 2630. The number of carbonyl (C=O) groups excluding carboxylic acids is 3. The van der Waals surface area contributed by atoms with E-state index in [4.69, 9.17) is 33.1 Å². The van der Waals surface area contributed by atoms with Gasteiger partial charge in [0, 0.05) is 72.9 Å². The average molecular weight is 948 g/mol. The number of nitrogens with one attached hydrogen (secondary N) is 1. The van der Waals surface area contributed by atoms with Crippen molar-refractivity contribution in [3.8, 4) is 34.5 Å². The van der Waals surface area contributed by atoms with E-state index < -0.39 is 88.2 Å². The fraction of sp³-hybridized carbons (Fsp3) is 0.500. The minimum atomic E-state index is -1.37. The van der Waals surface area contributed by atoms with E-state index in [9.17, 15) is 44.7 Å². The number of benzene rings is 3. The third kappa shape index (κ3) is 11.1. The summed E-state index contributed by atoms with van der Waals surface area (Å²) >= 11 is 0. The molecule has 18 heteroatoms. The van der Waals surface area contributed by atoms with Crippen molar-refractivity contribution in [1.82, 2.24) is 9.88 Å². The summed E-state index contributed by atoms with van der Waals surface area (Å²) in [5.74, 6) is -5.11. The number of Topliss-reactive ketones (excluding diaryl/α,β-unsaturated/α-hetero) is 1. The molecule has 68 heavy (non-hydrogen) atoms. The summed E-state index contributed by atoms with van der Waals surface area (Å²) in [6.45, 7) is 15.8. The van der Waals surface area contributed by atoms with Crippen molar-refractivity contribution in [2.75, 3.05) is 52.9 Å². The molecule has 1 amide bonds. The van der Waals surface area contributed by atoms with Gasteiger partial charge >= 0.3 is 5.97 Å². The molecule has 2 aromatic carbocycles. The fourth-order valence-electron chi connectivity index (χ4n) is 8.41. The number of hydrogen-bond donors (Lipinski definition) is 6. The molecular weight excluding hydrogens is 883 g/mol. The number of hydrogen-bond acceptors (Lipinski definition) is 17. The highest BCUT2D eigenvalue weighted by Gasteiger charge is 2.45. The monoisotopic (exact) mass is 947 g/mol.